The Morgan fingerprint density at radius 2 is 2.00 bits per heavy atom. The van der Waals surface area contributed by atoms with Gasteiger partial charge in [0.1, 0.15) is 5.82 Å². The van der Waals surface area contributed by atoms with Crippen molar-refractivity contribution in [2.45, 2.75) is 12.3 Å². The molecule has 0 bridgehead atoms. The number of amides is 1. The van der Waals surface area contributed by atoms with Gasteiger partial charge in [0.15, 0.2) is 0 Å². The maximum absolute atomic E-state index is 13.2. The minimum atomic E-state index is -0.511. The molecule has 1 atom stereocenters. The molecule has 146 valence electrons. The van der Waals surface area contributed by atoms with Gasteiger partial charge in [-0.3, -0.25) is 19.8 Å². The van der Waals surface area contributed by atoms with Gasteiger partial charge in [-0.05, 0) is 29.8 Å². The lowest BCUT2D eigenvalue weighted by Crippen LogP contribution is -2.47. The number of allylic oxidation sites excluding steroid dienone is 1. The van der Waals surface area contributed by atoms with Crippen molar-refractivity contribution in [1.82, 2.24) is 4.90 Å². The SMILES string of the molecule is N#CC1=C2SCN(c3ccc(F)cc3)CN2C(=O)C[C@@H]1c1cccc([N+](=O)[O-])c1. The molecule has 1 fully saturated rings. The lowest BCUT2D eigenvalue weighted by Gasteiger charge is -2.42. The van der Waals surface area contributed by atoms with E-state index in [0.29, 0.717) is 22.0 Å². The van der Waals surface area contributed by atoms with Crippen molar-refractivity contribution in [3.05, 3.63) is 80.6 Å². The molecule has 0 saturated carbocycles. The number of nitro benzene ring substituents is 1. The van der Waals surface area contributed by atoms with Crippen LogP contribution in [0.2, 0.25) is 0 Å². The minimum Gasteiger partial charge on any atom is -0.344 e. The number of hydrogen-bond donors (Lipinski definition) is 0. The van der Waals surface area contributed by atoms with Gasteiger partial charge in [-0.15, -0.1) is 0 Å². The van der Waals surface area contributed by atoms with E-state index < -0.39 is 10.8 Å². The summed E-state index contributed by atoms with van der Waals surface area (Å²) in [6.07, 6.45) is 0.0609. The summed E-state index contributed by atoms with van der Waals surface area (Å²) in [6, 6.07) is 14.3. The fourth-order valence-corrected chi connectivity index (χ4v) is 4.69. The Labute approximate surface area is 170 Å². The highest BCUT2D eigenvalue weighted by Gasteiger charge is 2.38. The van der Waals surface area contributed by atoms with Crippen LogP contribution in [0.5, 0.6) is 0 Å². The van der Waals surface area contributed by atoms with Gasteiger partial charge in [0, 0.05) is 30.2 Å². The van der Waals surface area contributed by atoms with E-state index in [0.717, 1.165) is 5.69 Å². The summed E-state index contributed by atoms with van der Waals surface area (Å²) in [5.74, 6) is -0.504. The van der Waals surface area contributed by atoms with Crippen LogP contribution in [0.3, 0.4) is 0 Å². The summed E-state index contributed by atoms with van der Waals surface area (Å²) in [5.41, 5.74) is 1.73. The quantitative estimate of drug-likeness (QED) is 0.562. The van der Waals surface area contributed by atoms with E-state index in [1.165, 1.54) is 36.0 Å². The van der Waals surface area contributed by atoms with E-state index >= 15 is 0 Å². The standard InChI is InChI=1S/C20H15FN4O3S/c21-14-4-6-15(7-5-14)23-11-24-19(26)9-17(18(10-22)20(24)29-12-23)13-2-1-3-16(8-13)25(27)28/h1-8,17H,9,11-12H2/t17-/m1/s1. The normalized spacial score (nSPS) is 19.0. The van der Waals surface area contributed by atoms with Crippen molar-refractivity contribution in [2.75, 3.05) is 17.4 Å². The first-order valence-electron chi connectivity index (χ1n) is 8.80. The number of benzene rings is 2. The molecule has 1 amide bonds. The Morgan fingerprint density at radius 3 is 2.69 bits per heavy atom. The molecule has 7 nitrogen and oxygen atoms in total. The molecule has 29 heavy (non-hydrogen) atoms. The van der Waals surface area contributed by atoms with Crippen LogP contribution in [-0.2, 0) is 4.79 Å². The van der Waals surface area contributed by atoms with Crippen molar-refractivity contribution in [1.29, 1.82) is 5.26 Å². The summed E-state index contributed by atoms with van der Waals surface area (Å²) in [5, 5.41) is 21.5. The van der Waals surface area contributed by atoms with Crippen LogP contribution < -0.4 is 4.90 Å². The third-order valence-corrected chi connectivity index (χ3v) is 6.12. The van der Waals surface area contributed by atoms with Crippen LogP contribution in [-0.4, -0.2) is 28.3 Å². The van der Waals surface area contributed by atoms with Gasteiger partial charge in [-0.1, -0.05) is 23.9 Å². The largest absolute Gasteiger partial charge is 0.344 e. The molecule has 4 rings (SSSR count). The molecule has 0 unspecified atom stereocenters. The van der Waals surface area contributed by atoms with Crippen LogP contribution in [0, 0.1) is 27.3 Å². The third-order valence-electron chi connectivity index (χ3n) is 4.97. The number of thioether (sulfide) groups is 1. The summed E-state index contributed by atoms with van der Waals surface area (Å²) in [6.45, 7) is 0.264. The Hall–Kier alpha value is -3.38. The molecule has 2 aromatic rings. The number of carbonyl (C=O) groups is 1. The first-order valence-corrected chi connectivity index (χ1v) is 9.79. The number of nitrogens with zero attached hydrogens (tertiary/aromatic N) is 4. The Kier molecular flexibility index (Phi) is 4.94. The molecule has 9 heteroatoms. The highest BCUT2D eigenvalue weighted by Crippen LogP contribution is 2.43. The molecule has 0 aromatic heterocycles. The van der Waals surface area contributed by atoms with Crippen molar-refractivity contribution in [3.63, 3.8) is 0 Å². The zero-order valence-electron chi connectivity index (χ0n) is 15.1. The van der Waals surface area contributed by atoms with Gasteiger partial charge in [-0.2, -0.15) is 5.26 Å². The first-order chi connectivity index (χ1) is 14.0. The fourth-order valence-electron chi connectivity index (χ4n) is 3.52. The van der Waals surface area contributed by atoms with Gasteiger partial charge >= 0.3 is 0 Å². The number of nitro groups is 1. The van der Waals surface area contributed by atoms with Crippen LogP contribution in [0.1, 0.15) is 17.9 Å². The highest BCUT2D eigenvalue weighted by molar-refractivity contribution is 8.03. The number of anilines is 1. The molecule has 2 aliphatic rings. The van der Waals surface area contributed by atoms with Crippen LogP contribution >= 0.6 is 11.8 Å². The lowest BCUT2D eigenvalue weighted by atomic mass is 9.86. The van der Waals surface area contributed by atoms with Crippen LogP contribution in [0.4, 0.5) is 15.8 Å². The second kappa shape index (κ2) is 7.56. The lowest BCUT2D eigenvalue weighted by molar-refractivity contribution is -0.384. The second-order valence-electron chi connectivity index (χ2n) is 6.69. The van der Waals surface area contributed by atoms with E-state index in [-0.39, 0.29) is 30.5 Å². The van der Waals surface area contributed by atoms with Crippen molar-refractivity contribution < 1.29 is 14.1 Å². The summed E-state index contributed by atoms with van der Waals surface area (Å²) >= 11 is 1.36. The molecule has 0 aliphatic carbocycles. The Morgan fingerprint density at radius 1 is 1.24 bits per heavy atom. The predicted molar refractivity (Wildman–Crippen MR) is 106 cm³/mol. The van der Waals surface area contributed by atoms with Crippen molar-refractivity contribution in [2.24, 2.45) is 0 Å². The molecule has 0 spiro atoms. The smallest absolute Gasteiger partial charge is 0.269 e. The molecule has 2 heterocycles. The molecular weight excluding hydrogens is 395 g/mol. The fraction of sp³-hybridized carbons (Fsp3) is 0.200. The van der Waals surface area contributed by atoms with E-state index in [2.05, 4.69) is 6.07 Å². The predicted octanol–water partition coefficient (Wildman–Crippen LogP) is 3.95. The van der Waals surface area contributed by atoms with E-state index in [9.17, 15) is 24.6 Å². The first kappa shape index (κ1) is 19.0. The monoisotopic (exact) mass is 410 g/mol. The van der Waals surface area contributed by atoms with Crippen LogP contribution in [0.15, 0.2) is 59.1 Å². The van der Waals surface area contributed by atoms with Gasteiger partial charge < -0.3 is 4.90 Å². The molecule has 1 saturated heterocycles. The van der Waals surface area contributed by atoms with E-state index in [1.54, 1.807) is 29.2 Å². The van der Waals surface area contributed by atoms with E-state index in [1.807, 2.05) is 4.90 Å². The number of nitriles is 1. The van der Waals surface area contributed by atoms with E-state index in [4.69, 9.17) is 0 Å². The maximum Gasteiger partial charge on any atom is 0.269 e. The van der Waals surface area contributed by atoms with Gasteiger partial charge in [-0.25, -0.2) is 4.39 Å². The number of fused-ring (bicyclic) bond motifs is 1. The molecular formula is C20H15FN4O3S. The average molecular weight is 410 g/mol. The maximum atomic E-state index is 13.2. The summed E-state index contributed by atoms with van der Waals surface area (Å²) < 4.78 is 13.2. The number of carbonyl (C=O) groups excluding carboxylic acids is 1. The van der Waals surface area contributed by atoms with Crippen LogP contribution in [0.25, 0.3) is 0 Å². The zero-order valence-corrected chi connectivity index (χ0v) is 15.9. The second-order valence-corrected chi connectivity index (χ2v) is 7.63. The Balaban J connectivity index is 1.67. The van der Waals surface area contributed by atoms with Crippen molar-refractivity contribution >= 4 is 29.0 Å². The molecule has 2 aromatic carbocycles. The number of hydrogen-bond acceptors (Lipinski definition) is 6. The number of halogens is 1. The zero-order chi connectivity index (χ0) is 20.5. The summed E-state index contributed by atoms with van der Waals surface area (Å²) in [7, 11) is 0. The highest BCUT2D eigenvalue weighted by atomic mass is 32.2. The minimum absolute atomic E-state index is 0.0609. The summed E-state index contributed by atoms with van der Waals surface area (Å²) in [4.78, 5) is 27.0. The topological polar surface area (TPSA) is 90.5 Å². The van der Waals surface area contributed by atoms with Gasteiger partial charge in [0.25, 0.3) is 5.69 Å². The van der Waals surface area contributed by atoms with Crippen molar-refractivity contribution in [3.8, 4) is 6.07 Å². The Bertz CT molecular complexity index is 1060. The molecule has 0 radical (unpaired) electrons. The number of non-ortho nitro benzene ring substituents is 1. The van der Waals surface area contributed by atoms with Gasteiger partial charge in [0.2, 0.25) is 5.91 Å². The third kappa shape index (κ3) is 3.54. The average Bonchev–Trinajstić information content (AvgIpc) is 2.74. The molecule has 0 N–H and O–H groups in total. The number of rotatable bonds is 3. The van der Waals surface area contributed by atoms with Gasteiger partial charge in [0.05, 0.1) is 34.1 Å². The molecule has 2 aliphatic heterocycles.